The predicted molar refractivity (Wildman–Crippen MR) is 139 cm³/mol. The van der Waals surface area contributed by atoms with Gasteiger partial charge in [-0.25, -0.2) is 0 Å². The van der Waals surface area contributed by atoms with E-state index in [1.165, 1.54) is 0 Å². The van der Waals surface area contributed by atoms with Crippen molar-refractivity contribution in [3.05, 3.63) is 82.3 Å². The van der Waals surface area contributed by atoms with Gasteiger partial charge in [0.2, 0.25) is 5.91 Å². The molecule has 0 aliphatic carbocycles. The van der Waals surface area contributed by atoms with Crippen molar-refractivity contribution in [2.45, 2.75) is 31.8 Å². The van der Waals surface area contributed by atoms with Crippen LogP contribution in [-0.2, 0) is 25.8 Å². The third-order valence-corrected chi connectivity index (χ3v) is 6.09. The van der Waals surface area contributed by atoms with Crippen LogP contribution in [0.25, 0.3) is 22.0 Å². The number of aromatic amines is 2. The number of ether oxygens (including phenoxy) is 1. The summed E-state index contributed by atoms with van der Waals surface area (Å²) in [6.07, 6.45) is 6.38. The molecule has 1 amide bonds. The SMILES string of the molecule is NCC(C(=O)Nc1cccc2c(-c3cn[nH]c3)c[nH]c12)c1ccc(COC(=O)CCCCO[N+](=O)[O-])cc1. The van der Waals surface area contributed by atoms with Gasteiger partial charge in [0, 0.05) is 41.9 Å². The average molecular weight is 521 g/mol. The molecule has 2 heterocycles. The number of H-pyrrole nitrogens is 2. The highest BCUT2D eigenvalue weighted by atomic mass is 16.9. The third-order valence-electron chi connectivity index (χ3n) is 6.09. The van der Waals surface area contributed by atoms with Gasteiger partial charge in [0.15, 0.2) is 0 Å². The van der Waals surface area contributed by atoms with Gasteiger partial charge in [-0.15, -0.1) is 10.1 Å². The first-order valence-corrected chi connectivity index (χ1v) is 12.1. The summed E-state index contributed by atoms with van der Waals surface area (Å²) < 4.78 is 5.25. The number of hydrogen-bond donors (Lipinski definition) is 4. The number of anilines is 1. The lowest BCUT2D eigenvalue weighted by molar-refractivity contribution is -0.757. The van der Waals surface area contributed by atoms with Gasteiger partial charge in [0.25, 0.3) is 5.09 Å². The smallest absolute Gasteiger partial charge is 0.306 e. The van der Waals surface area contributed by atoms with Crippen molar-refractivity contribution in [1.82, 2.24) is 15.2 Å². The molecule has 2 aromatic heterocycles. The summed E-state index contributed by atoms with van der Waals surface area (Å²) in [4.78, 5) is 42.6. The zero-order valence-corrected chi connectivity index (χ0v) is 20.5. The van der Waals surface area contributed by atoms with Crippen LogP contribution in [0.4, 0.5) is 5.69 Å². The van der Waals surface area contributed by atoms with E-state index in [2.05, 4.69) is 25.3 Å². The summed E-state index contributed by atoms with van der Waals surface area (Å²) in [6, 6.07) is 12.8. The van der Waals surface area contributed by atoms with Crippen LogP contribution in [0, 0.1) is 10.1 Å². The lowest BCUT2D eigenvalue weighted by Crippen LogP contribution is -2.27. The minimum absolute atomic E-state index is 0.0515. The van der Waals surface area contributed by atoms with Crippen LogP contribution in [-0.4, -0.2) is 45.3 Å². The van der Waals surface area contributed by atoms with E-state index in [0.29, 0.717) is 18.5 Å². The first kappa shape index (κ1) is 26.4. The molecule has 0 fully saturated rings. The Hall–Kier alpha value is -4.71. The molecule has 5 N–H and O–H groups in total. The Kier molecular flexibility index (Phi) is 8.67. The van der Waals surface area contributed by atoms with Crippen molar-refractivity contribution in [2.75, 3.05) is 18.5 Å². The molecule has 0 saturated carbocycles. The number of para-hydroxylation sites is 1. The lowest BCUT2D eigenvalue weighted by atomic mass is 9.97. The number of unbranched alkanes of at least 4 members (excludes halogenated alkanes) is 1. The maximum absolute atomic E-state index is 13.2. The topological polar surface area (TPSA) is 178 Å². The highest BCUT2D eigenvalue weighted by Crippen LogP contribution is 2.32. The number of amides is 1. The summed E-state index contributed by atoms with van der Waals surface area (Å²) in [5, 5.41) is 20.0. The Morgan fingerprint density at radius 2 is 1.95 bits per heavy atom. The van der Waals surface area contributed by atoms with Gasteiger partial charge in [-0.2, -0.15) is 5.10 Å². The zero-order valence-electron chi connectivity index (χ0n) is 20.5. The van der Waals surface area contributed by atoms with Gasteiger partial charge < -0.3 is 25.6 Å². The molecule has 0 saturated heterocycles. The molecule has 38 heavy (non-hydrogen) atoms. The molecule has 0 aliphatic heterocycles. The van der Waals surface area contributed by atoms with E-state index in [9.17, 15) is 19.7 Å². The summed E-state index contributed by atoms with van der Waals surface area (Å²) in [5.74, 6) is -1.21. The van der Waals surface area contributed by atoms with E-state index in [0.717, 1.165) is 33.2 Å². The van der Waals surface area contributed by atoms with Gasteiger partial charge in [0.1, 0.15) is 6.61 Å². The molecule has 1 atom stereocenters. The average Bonchev–Trinajstić information content (AvgIpc) is 3.59. The second kappa shape index (κ2) is 12.5. The summed E-state index contributed by atoms with van der Waals surface area (Å²) in [6.45, 7) is 0.142. The lowest BCUT2D eigenvalue weighted by Gasteiger charge is -2.16. The second-order valence-corrected chi connectivity index (χ2v) is 8.61. The number of carbonyl (C=O) groups excluding carboxylic acids is 2. The number of aromatic nitrogens is 3. The van der Waals surface area contributed by atoms with Crippen LogP contribution in [0.1, 0.15) is 36.3 Å². The minimum atomic E-state index is -0.859. The van der Waals surface area contributed by atoms with Crippen molar-refractivity contribution in [3.63, 3.8) is 0 Å². The van der Waals surface area contributed by atoms with Crippen molar-refractivity contribution < 1.29 is 24.3 Å². The van der Waals surface area contributed by atoms with Crippen LogP contribution < -0.4 is 11.1 Å². The second-order valence-electron chi connectivity index (χ2n) is 8.61. The molecular weight excluding hydrogens is 492 g/mol. The number of fused-ring (bicyclic) bond motifs is 1. The standard InChI is InChI=1S/C26H28N6O6/c27-12-21(18-9-7-17(8-10-18)16-37-24(33)6-1-2-11-38-32(35)36)26(34)31-23-5-3-4-20-22(15-28-25(20)23)19-13-29-30-14-19/h3-5,7-10,13-15,21,28H,1-2,6,11-12,16,27H2,(H,29,30)(H,31,34). The van der Waals surface area contributed by atoms with Gasteiger partial charge in [-0.05, 0) is 30.0 Å². The fourth-order valence-electron chi connectivity index (χ4n) is 4.10. The van der Waals surface area contributed by atoms with Crippen LogP contribution in [0.15, 0.2) is 61.1 Å². The molecular formula is C26H28N6O6. The number of nitrogens with two attached hydrogens (primary N) is 1. The Morgan fingerprint density at radius 3 is 2.66 bits per heavy atom. The van der Waals surface area contributed by atoms with Gasteiger partial charge in [-0.3, -0.25) is 14.7 Å². The summed E-state index contributed by atoms with van der Waals surface area (Å²) in [5.41, 5.74) is 10.8. The van der Waals surface area contributed by atoms with E-state index >= 15 is 0 Å². The van der Waals surface area contributed by atoms with Crippen molar-refractivity contribution in [2.24, 2.45) is 5.73 Å². The van der Waals surface area contributed by atoms with Gasteiger partial charge in [0.05, 0.1) is 29.9 Å². The van der Waals surface area contributed by atoms with Gasteiger partial charge in [-0.1, -0.05) is 36.4 Å². The maximum Gasteiger partial charge on any atom is 0.306 e. The molecule has 12 nitrogen and oxygen atoms in total. The predicted octanol–water partition coefficient (Wildman–Crippen LogP) is 3.66. The third kappa shape index (κ3) is 6.53. The largest absolute Gasteiger partial charge is 0.461 e. The highest BCUT2D eigenvalue weighted by Gasteiger charge is 2.21. The highest BCUT2D eigenvalue weighted by molar-refractivity contribution is 6.07. The number of nitrogens with zero attached hydrogens (tertiary/aromatic N) is 2. The Bertz CT molecular complexity index is 1380. The molecule has 0 spiro atoms. The maximum atomic E-state index is 13.2. The first-order valence-electron chi connectivity index (χ1n) is 12.1. The molecule has 12 heteroatoms. The zero-order chi connectivity index (χ0) is 26.9. The van der Waals surface area contributed by atoms with Crippen LogP contribution >= 0.6 is 0 Å². The van der Waals surface area contributed by atoms with Crippen molar-refractivity contribution >= 4 is 28.5 Å². The fourth-order valence-corrected chi connectivity index (χ4v) is 4.10. The number of esters is 1. The Labute approximate surface area is 217 Å². The van der Waals surface area contributed by atoms with Crippen molar-refractivity contribution in [3.8, 4) is 11.1 Å². The normalized spacial score (nSPS) is 11.7. The quantitative estimate of drug-likeness (QED) is 0.0892. The monoisotopic (exact) mass is 520 g/mol. The van der Waals surface area contributed by atoms with E-state index in [4.69, 9.17) is 10.5 Å². The molecule has 4 rings (SSSR count). The molecule has 2 aromatic carbocycles. The molecule has 1 unspecified atom stereocenters. The van der Waals surface area contributed by atoms with Crippen molar-refractivity contribution in [1.29, 1.82) is 0 Å². The van der Waals surface area contributed by atoms with Gasteiger partial charge >= 0.3 is 5.97 Å². The summed E-state index contributed by atoms with van der Waals surface area (Å²) in [7, 11) is 0. The van der Waals surface area contributed by atoms with E-state index in [1.54, 1.807) is 36.7 Å². The molecule has 198 valence electrons. The molecule has 0 bridgehead atoms. The molecule has 4 aromatic rings. The van der Waals surface area contributed by atoms with Crippen LogP contribution in [0.5, 0.6) is 0 Å². The number of benzene rings is 2. The molecule has 0 radical (unpaired) electrons. The van der Waals surface area contributed by atoms with Crippen LogP contribution in [0.2, 0.25) is 0 Å². The van der Waals surface area contributed by atoms with E-state index < -0.39 is 17.0 Å². The summed E-state index contributed by atoms with van der Waals surface area (Å²) >= 11 is 0. The number of rotatable bonds is 13. The van der Waals surface area contributed by atoms with E-state index in [-0.39, 0.29) is 32.1 Å². The van der Waals surface area contributed by atoms with E-state index in [1.807, 2.05) is 24.4 Å². The first-order chi connectivity index (χ1) is 18.5. The van der Waals surface area contributed by atoms with Crippen LogP contribution in [0.3, 0.4) is 0 Å². The Morgan fingerprint density at radius 1 is 1.13 bits per heavy atom. The number of hydrogen-bond acceptors (Lipinski definition) is 8. The Balaban J connectivity index is 1.33. The minimum Gasteiger partial charge on any atom is -0.461 e. The fraction of sp³-hybridized carbons (Fsp3) is 0.269. The molecule has 0 aliphatic rings. The number of nitrogens with one attached hydrogen (secondary N) is 3. The number of carbonyl (C=O) groups is 2.